The van der Waals surface area contributed by atoms with Gasteiger partial charge < -0.3 is 0 Å². The first-order valence-electron chi connectivity index (χ1n) is 17.4. The van der Waals surface area contributed by atoms with Gasteiger partial charge in [0, 0.05) is 44.3 Å². The Morgan fingerprint density at radius 2 is 1.10 bits per heavy atom. The normalized spacial score (nSPS) is 13.4. The van der Waals surface area contributed by atoms with E-state index in [0.29, 0.717) is 0 Å². The zero-order valence-electron chi connectivity index (χ0n) is 27.9. The molecule has 0 fully saturated rings. The average molecular weight is 670 g/mol. The molecule has 1 N–H and O–H groups in total. The van der Waals surface area contributed by atoms with E-state index in [-0.39, 0.29) is 0 Å². The van der Waals surface area contributed by atoms with Crippen molar-refractivity contribution in [2.24, 2.45) is 0 Å². The Morgan fingerprint density at radius 3 is 1.80 bits per heavy atom. The van der Waals surface area contributed by atoms with Crippen molar-refractivity contribution in [1.82, 2.24) is 24.3 Å². The van der Waals surface area contributed by atoms with E-state index < -0.39 is 8.07 Å². The fraction of sp³-hybridized carbons (Fsp3) is 0.0222. The highest BCUT2D eigenvalue weighted by Crippen LogP contribution is 2.35. The quantitative estimate of drug-likeness (QED) is 0.196. The summed E-state index contributed by atoms with van der Waals surface area (Å²) in [6.45, 7) is 2.06. The SMILES string of the molecule is Cc1cc(-n2c3ccccc3c3ccc([Si]4(c5ccc6c7ccccc7n(-c7ccccc7)c6n5)c5ccccc5-c5ccccc54)cc32)n[nH]1. The number of para-hydroxylation sites is 3. The highest BCUT2D eigenvalue weighted by molar-refractivity contribution is 7.22. The topological polar surface area (TPSA) is 51.4 Å². The first-order valence-corrected chi connectivity index (χ1v) is 19.4. The molecule has 0 bridgehead atoms. The number of nitrogens with zero attached hydrogens (tertiary/aromatic N) is 4. The molecule has 1 aliphatic heterocycles. The zero-order valence-corrected chi connectivity index (χ0v) is 28.9. The molecule has 51 heavy (non-hydrogen) atoms. The fourth-order valence-corrected chi connectivity index (χ4v) is 13.8. The van der Waals surface area contributed by atoms with Gasteiger partial charge in [0.1, 0.15) is 5.65 Å². The second-order valence-corrected chi connectivity index (χ2v) is 17.3. The lowest BCUT2D eigenvalue weighted by Crippen LogP contribution is -2.73. The van der Waals surface area contributed by atoms with Crippen LogP contribution >= 0.6 is 0 Å². The first-order chi connectivity index (χ1) is 25.2. The van der Waals surface area contributed by atoms with Gasteiger partial charge in [-0.1, -0.05) is 115 Å². The van der Waals surface area contributed by atoms with Crippen LogP contribution in [-0.2, 0) is 0 Å². The number of H-pyrrole nitrogens is 1. The summed E-state index contributed by atoms with van der Waals surface area (Å²) in [5.41, 5.74) is 9.17. The summed E-state index contributed by atoms with van der Waals surface area (Å²) in [4.78, 5) is 5.82. The van der Waals surface area contributed by atoms with E-state index in [1.165, 1.54) is 42.8 Å². The summed E-state index contributed by atoms with van der Waals surface area (Å²) in [7, 11) is -2.97. The van der Waals surface area contributed by atoms with Gasteiger partial charge in [-0.3, -0.25) is 14.2 Å². The van der Waals surface area contributed by atoms with Gasteiger partial charge in [0.05, 0.1) is 16.6 Å². The van der Waals surface area contributed by atoms with E-state index in [2.05, 4.69) is 185 Å². The minimum atomic E-state index is -2.97. The number of hydrogen-bond donors (Lipinski definition) is 1. The minimum absolute atomic E-state index is 0.894. The van der Waals surface area contributed by atoms with Crippen LogP contribution in [0, 0.1) is 6.92 Å². The second-order valence-electron chi connectivity index (χ2n) is 13.6. The third-order valence-electron chi connectivity index (χ3n) is 10.9. The molecule has 0 radical (unpaired) electrons. The van der Waals surface area contributed by atoms with Crippen LogP contribution in [0.1, 0.15) is 5.69 Å². The third kappa shape index (κ3) is 3.79. The molecule has 0 saturated heterocycles. The first kappa shape index (κ1) is 28.3. The predicted molar refractivity (Wildman–Crippen MR) is 212 cm³/mol. The molecule has 1 aliphatic rings. The molecule has 5 heterocycles. The van der Waals surface area contributed by atoms with Gasteiger partial charge in [0.25, 0.3) is 0 Å². The Bertz CT molecular complexity index is 2960. The summed E-state index contributed by atoms with van der Waals surface area (Å²) in [5, 5.41) is 17.9. The Kier molecular flexibility index (Phi) is 5.84. The number of nitrogens with one attached hydrogen (secondary N) is 1. The molecule has 0 aliphatic carbocycles. The number of aromatic nitrogens is 5. The molecule has 5 nitrogen and oxygen atoms in total. The fourth-order valence-electron chi connectivity index (χ4n) is 8.83. The van der Waals surface area contributed by atoms with Crippen molar-refractivity contribution < 1.29 is 0 Å². The van der Waals surface area contributed by atoms with Gasteiger partial charge in [-0.05, 0) is 76.1 Å². The van der Waals surface area contributed by atoms with Gasteiger partial charge in [0.2, 0.25) is 8.07 Å². The molecule has 0 unspecified atom stereocenters. The van der Waals surface area contributed by atoms with Gasteiger partial charge in [-0.25, -0.2) is 4.98 Å². The van der Waals surface area contributed by atoms with Crippen molar-refractivity contribution in [3.05, 3.63) is 169 Å². The molecular weight excluding hydrogens is 639 g/mol. The Labute approximate surface area is 295 Å². The predicted octanol–water partition coefficient (Wildman–Crippen LogP) is 7.67. The number of fused-ring (bicyclic) bond motifs is 9. The second kappa shape index (κ2) is 10.5. The van der Waals surface area contributed by atoms with Crippen LogP contribution in [0.25, 0.3) is 66.4 Å². The lowest BCUT2D eigenvalue weighted by Gasteiger charge is -2.30. The van der Waals surface area contributed by atoms with Gasteiger partial charge in [0.15, 0.2) is 5.82 Å². The lowest BCUT2D eigenvalue weighted by molar-refractivity contribution is 0.990. The minimum Gasteiger partial charge on any atom is -0.294 e. The summed E-state index contributed by atoms with van der Waals surface area (Å²) < 4.78 is 4.65. The number of aromatic amines is 1. The summed E-state index contributed by atoms with van der Waals surface area (Å²) in [5.74, 6) is 0.894. The van der Waals surface area contributed by atoms with Crippen LogP contribution in [-0.4, -0.2) is 32.4 Å². The molecule has 6 aromatic carbocycles. The standard InChI is InChI=1S/C45H31N5Si/c1-29-27-43(48-47-29)50-39-20-10-5-15-32(39)34-24-23-31(28-40(34)50)51(41-21-11-7-17-35(41)36-18-8-12-22-42(36)51)44-26-25-37-33-16-6-9-19-38(33)49(45(37)46-44)30-13-3-2-4-14-30/h2-28H,1H3,(H,47,48). The van der Waals surface area contributed by atoms with Crippen molar-refractivity contribution in [2.75, 3.05) is 0 Å². The van der Waals surface area contributed by atoms with E-state index in [0.717, 1.165) is 50.1 Å². The molecule has 0 spiro atoms. The number of benzene rings is 6. The highest BCUT2D eigenvalue weighted by atomic mass is 28.3. The van der Waals surface area contributed by atoms with Gasteiger partial charge in [-0.15, -0.1) is 0 Å². The van der Waals surface area contributed by atoms with Crippen LogP contribution in [0.2, 0.25) is 0 Å². The van der Waals surface area contributed by atoms with E-state index in [4.69, 9.17) is 10.1 Å². The zero-order chi connectivity index (χ0) is 33.7. The molecule has 11 rings (SSSR count). The van der Waals surface area contributed by atoms with E-state index in [1.807, 2.05) is 0 Å². The molecule has 0 saturated carbocycles. The van der Waals surface area contributed by atoms with Crippen LogP contribution in [0.15, 0.2) is 164 Å². The van der Waals surface area contributed by atoms with Crippen molar-refractivity contribution >= 4 is 72.7 Å². The van der Waals surface area contributed by atoms with E-state index in [9.17, 15) is 0 Å². The monoisotopic (exact) mass is 669 g/mol. The third-order valence-corrected chi connectivity index (χ3v) is 15.6. The highest BCUT2D eigenvalue weighted by Gasteiger charge is 2.50. The lowest BCUT2D eigenvalue weighted by atomic mass is 10.1. The van der Waals surface area contributed by atoms with Crippen LogP contribution in [0.5, 0.6) is 0 Å². The van der Waals surface area contributed by atoms with Gasteiger partial charge in [-0.2, -0.15) is 5.10 Å². The van der Waals surface area contributed by atoms with Crippen LogP contribution in [0.4, 0.5) is 0 Å². The molecule has 240 valence electrons. The summed E-state index contributed by atoms with van der Waals surface area (Å²) in [6.07, 6.45) is 0. The van der Waals surface area contributed by atoms with E-state index in [1.54, 1.807) is 0 Å². The van der Waals surface area contributed by atoms with Crippen molar-refractivity contribution in [3.8, 4) is 22.6 Å². The van der Waals surface area contributed by atoms with Crippen LogP contribution < -0.4 is 20.9 Å². The summed E-state index contributed by atoms with van der Waals surface area (Å²) >= 11 is 0. The van der Waals surface area contributed by atoms with Crippen molar-refractivity contribution in [1.29, 1.82) is 0 Å². The van der Waals surface area contributed by atoms with Crippen molar-refractivity contribution in [2.45, 2.75) is 6.92 Å². The molecule has 10 aromatic rings. The summed E-state index contributed by atoms with van der Waals surface area (Å²) in [6, 6.07) is 60.0. The number of hydrogen-bond acceptors (Lipinski definition) is 2. The number of aryl methyl sites for hydroxylation is 1. The molecular formula is C45H31N5Si. The molecule has 0 amide bonds. The maximum absolute atomic E-state index is 5.82. The number of rotatable bonds is 4. The maximum Gasteiger partial charge on any atom is 0.203 e. The largest absolute Gasteiger partial charge is 0.294 e. The van der Waals surface area contributed by atoms with E-state index >= 15 is 0 Å². The Balaban J connectivity index is 1.29. The Morgan fingerprint density at radius 1 is 0.510 bits per heavy atom. The van der Waals surface area contributed by atoms with Gasteiger partial charge >= 0.3 is 0 Å². The smallest absolute Gasteiger partial charge is 0.203 e. The van der Waals surface area contributed by atoms with Crippen LogP contribution in [0.3, 0.4) is 0 Å². The molecule has 4 aromatic heterocycles. The Hall–Kier alpha value is -6.50. The maximum atomic E-state index is 5.82. The average Bonchev–Trinajstić information content (AvgIpc) is 3.93. The molecule has 6 heteroatoms. The number of pyridine rings is 1. The van der Waals surface area contributed by atoms with Crippen molar-refractivity contribution in [3.63, 3.8) is 0 Å². The molecule has 0 atom stereocenters.